The lowest BCUT2D eigenvalue weighted by Crippen LogP contribution is -2.27. The van der Waals surface area contributed by atoms with E-state index in [1.165, 1.54) is 11.1 Å². The van der Waals surface area contributed by atoms with E-state index in [1.54, 1.807) is 7.11 Å². The molecule has 0 radical (unpaired) electrons. The van der Waals surface area contributed by atoms with Crippen LogP contribution in [0.5, 0.6) is 11.5 Å². The van der Waals surface area contributed by atoms with Crippen LogP contribution in [-0.2, 0) is 4.79 Å². The fourth-order valence-corrected chi connectivity index (χ4v) is 5.58. The van der Waals surface area contributed by atoms with Crippen LogP contribution in [0.3, 0.4) is 0 Å². The summed E-state index contributed by atoms with van der Waals surface area (Å²) in [4.78, 5) is 13.8. The number of aryl methyl sites for hydroxylation is 1. The van der Waals surface area contributed by atoms with E-state index in [-0.39, 0.29) is 17.7 Å². The number of anilines is 2. The van der Waals surface area contributed by atoms with Gasteiger partial charge in [-0.3, -0.25) is 4.79 Å². The maximum Gasteiger partial charge on any atom is 0.175 e. The Morgan fingerprint density at radius 3 is 2.46 bits per heavy atom. The molecule has 2 N–H and O–H groups in total. The third-order valence-electron chi connectivity index (χ3n) is 6.73. The van der Waals surface area contributed by atoms with Gasteiger partial charge in [0.25, 0.3) is 0 Å². The zero-order chi connectivity index (χ0) is 24.5. The summed E-state index contributed by atoms with van der Waals surface area (Å²) in [5.41, 5.74) is 7.03. The van der Waals surface area contributed by atoms with Gasteiger partial charge in [-0.25, -0.2) is 0 Å². The topological polar surface area (TPSA) is 59.6 Å². The fraction of sp³-hybridized carbons (Fsp3) is 0.276. The zero-order valence-electron chi connectivity index (χ0n) is 20.2. The molecule has 0 saturated heterocycles. The molecule has 3 aromatic rings. The molecule has 2 atom stereocenters. The number of Topliss-reactive ketones (excluding diaryl/α,β-unsaturated/α-hetero) is 1. The number of ether oxygens (including phenoxy) is 2. The van der Waals surface area contributed by atoms with Crippen molar-refractivity contribution in [3.63, 3.8) is 0 Å². The van der Waals surface area contributed by atoms with Gasteiger partial charge in [0.15, 0.2) is 17.3 Å². The predicted octanol–water partition coefficient (Wildman–Crippen LogP) is 7.14. The number of carbonyl (C=O) groups excluding carboxylic acids is 1. The lowest BCUT2D eigenvalue weighted by Gasteiger charge is -2.30. The molecule has 1 aliphatic carbocycles. The van der Waals surface area contributed by atoms with Gasteiger partial charge in [0.1, 0.15) is 0 Å². The van der Waals surface area contributed by atoms with Crippen molar-refractivity contribution < 1.29 is 14.3 Å². The number of nitrogens with one attached hydrogen (secondary N) is 2. The first-order valence-electron chi connectivity index (χ1n) is 11.9. The monoisotopic (exact) mass is 532 g/mol. The Bertz CT molecular complexity index is 1300. The summed E-state index contributed by atoms with van der Waals surface area (Å²) in [6.45, 7) is 4.55. The number of halogens is 1. The summed E-state index contributed by atoms with van der Waals surface area (Å²) in [7, 11) is 1.63. The molecule has 1 heterocycles. The van der Waals surface area contributed by atoms with Crippen LogP contribution in [0.4, 0.5) is 11.4 Å². The van der Waals surface area contributed by atoms with Crippen molar-refractivity contribution >= 4 is 33.1 Å². The van der Waals surface area contributed by atoms with Crippen molar-refractivity contribution in [1.29, 1.82) is 0 Å². The number of allylic oxidation sites excluding steroid dienone is 1. The summed E-state index contributed by atoms with van der Waals surface area (Å²) in [6, 6.07) is 20.3. The molecule has 35 heavy (non-hydrogen) atoms. The van der Waals surface area contributed by atoms with Crippen LogP contribution < -0.4 is 20.1 Å². The molecule has 0 saturated carbocycles. The number of para-hydroxylation sites is 2. The number of ketones is 1. The molecule has 5 nitrogen and oxygen atoms in total. The number of hydrogen-bond donors (Lipinski definition) is 2. The molecule has 3 aromatic carbocycles. The van der Waals surface area contributed by atoms with Crippen LogP contribution >= 0.6 is 15.9 Å². The molecule has 0 spiro atoms. The van der Waals surface area contributed by atoms with Crippen molar-refractivity contribution in [3.8, 4) is 11.5 Å². The van der Waals surface area contributed by atoms with Crippen molar-refractivity contribution in [2.45, 2.75) is 38.6 Å². The Kier molecular flexibility index (Phi) is 6.56. The summed E-state index contributed by atoms with van der Waals surface area (Å²) >= 11 is 3.66. The maximum atomic E-state index is 13.8. The minimum Gasteiger partial charge on any atom is -0.493 e. The number of fused-ring (bicyclic) bond motifs is 1. The van der Waals surface area contributed by atoms with E-state index in [9.17, 15) is 4.79 Å². The summed E-state index contributed by atoms with van der Waals surface area (Å²) in [5.74, 6) is 1.58. The number of hydrogen-bond acceptors (Lipinski definition) is 5. The molecule has 6 heteroatoms. The van der Waals surface area contributed by atoms with Crippen LogP contribution in [0.2, 0.25) is 0 Å². The van der Waals surface area contributed by atoms with E-state index in [4.69, 9.17) is 9.47 Å². The van der Waals surface area contributed by atoms with E-state index in [1.807, 2.05) is 43.3 Å². The maximum absolute atomic E-state index is 13.8. The highest BCUT2D eigenvalue weighted by Gasteiger charge is 2.36. The minimum atomic E-state index is -0.325. The normalized spacial score (nSPS) is 19.1. The van der Waals surface area contributed by atoms with Crippen LogP contribution in [-0.4, -0.2) is 19.5 Å². The first kappa shape index (κ1) is 23.5. The van der Waals surface area contributed by atoms with Gasteiger partial charge < -0.3 is 20.1 Å². The Morgan fingerprint density at radius 1 is 1.00 bits per heavy atom. The minimum absolute atomic E-state index is 0.141. The number of rotatable bonds is 5. The zero-order valence-corrected chi connectivity index (χ0v) is 21.7. The van der Waals surface area contributed by atoms with Crippen molar-refractivity contribution in [2.24, 2.45) is 0 Å². The molecule has 0 amide bonds. The van der Waals surface area contributed by atoms with Gasteiger partial charge >= 0.3 is 0 Å². The second kappa shape index (κ2) is 9.78. The number of methoxy groups -OCH3 is 1. The molecule has 2 aliphatic rings. The SMILES string of the molecule is CCOc1c(Br)cc(C2Nc3ccccc3NC3=C2C(=O)CC(c2ccc(C)cc2)C3)cc1OC. The van der Waals surface area contributed by atoms with Gasteiger partial charge in [-0.05, 0) is 77.5 Å². The van der Waals surface area contributed by atoms with Gasteiger partial charge in [-0.2, -0.15) is 0 Å². The third kappa shape index (κ3) is 4.55. The largest absolute Gasteiger partial charge is 0.493 e. The Labute approximate surface area is 214 Å². The number of benzene rings is 3. The van der Waals surface area contributed by atoms with Gasteiger partial charge in [0.05, 0.1) is 35.6 Å². The van der Waals surface area contributed by atoms with Gasteiger partial charge in [-0.1, -0.05) is 42.0 Å². The van der Waals surface area contributed by atoms with Crippen LogP contribution in [0.1, 0.15) is 48.4 Å². The summed E-state index contributed by atoms with van der Waals surface area (Å²) in [6.07, 6.45) is 1.25. The summed E-state index contributed by atoms with van der Waals surface area (Å²) < 4.78 is 12.3. The summed E-state index contributed by atoms with van der Waals surface area (Å²) in [5, 5.41) is 7.25. The molecule has 0 bridgehead atoms. The molecule has 180 valence electrons. The standard InChI is InChI=1S/C29H29BrN2O3/c1-4-35-29-21(30)13-20(16-26(29)34-3)28-27-24(31-22-7-5-6-8-23(22)32-28)14-19(15-25(27)33)18-11-9-17(2)10-12-18/h5-13,16,19,28,31-32H,4,14-15H2,1-3H3. The molecule has 1 aliphatic heterocycles. The highest BCUT2D eigenvalue weighted by Crippen LogP contribution is 2.46. The molecular formula is C29H29BrN2O3. The highest BCUT2D eigenvalue weighted by molar-refractivity contribution is 9.10. The van der Waals surface area contributed by atoms with Crippen molar-refractivity contribution in [1.82, 2.24) is 0 Å². The van der Waals surface area contributed by atoms with Crippen LogP contribution in [0.25, 0.3) is 0 Å². The van der Waals surface area contributed by atoms with Crippen molar-refractivity contribution in [3.05, 3.63) is 93.1 Å². The first-order chi connectivity index (χ1) is 17.0. The Hall–Kier alpha value is -3.25. The van der Waals surface area contributed by atoms with E-state index in [2.05, 4.69) is 57.8 Å². The second-order valence-corrected chi connectivity index (χ2v) is 9.90. The Balaban J connectivity index is 1.62. The highest BCUT2D eigenvalue weighted by atomic mass is 79.9. The van der Waals surface area contributed by atoms with Gasteiger partial charge in [-0.15, -0.1) is 0 Å². The smallest absolute Gasteiger partial charge is 0.175 e. The molecule has 0 fully saturated rings. The quantitative estimate of drug-likeness (QED) is 0.365. The van der Waals surface area contributed by atoms with Crippen molar-refractivity contribution in [2.75, 3.05) is 24.4 Å². The van der Waals surface area contributed by atoms with E-state index in [0.717, 1.165) is 39.1 Å². The second-order valence-electron chi connectivity index (χ2n) is 9.05. The van der Waals surface area contributed by atoms with Gasteiger partial charge in [0, 0.05) is 17.7 Å². The van der Waals surface area contributed by atoms with E-state index >= 15 is 0 Å². The van der Waals surface area contributed by atoms with Crippen LogP contribution in [0, 0.1) is 6.92 Å². The predicted molar refractivity (Wildman–Crippen MR) is 143 cm³/mol. The number of carbonyl (C=O) groups is 1. The lowest BCUT2D eigenvalue weighted by molar-refractivity contribution is -0.116. The third-order valence-corrected chi connectivity index (χ3v) is 7.32. The van der Waals surface area contributed by atoms with Gasteiger partial charge in [0.2, 0.25) is 0 Å². The average molecular weight is 533 g/mol. The molecule has 2 unspecified atom stereocenters. The van der Waals surface area contributed by atoms with E-state index < -0.39 is 0 Å². The molecule has 0 aromatic heterocycles. The Morgan fingerprint density at radius 2 is 1.74 bits per heavy atom. The average Bonchev–Trinajstić information content (AvgIpc) is 3.02. The first-order valence-corrected chi connectivity index (χ1v) is 12.7. The fourth-order valence-electron chi connectivity index (χ4n) is 5.01. The van der Waals surface area contributed by atoms with E-state index in [0.29, 0.717) is 24.5 Å². The van der Waals surface area contributed by atoms with Crippen LogP contribution in [0.15, 0.2) is 76.4 Å². The lowest BCUT2D eigenvalue weighted by atomic mass is 9.78. The molecular weight excluding hydrogens is 504 g/mol. The molecule has 5 rings (SSSR count).